The summed E-state index contributed by atoms with van der Waals surface area (Å²) in [6, 6.07) is 18.4. The second-order valence-electron chi connectivity index (χ2n) is 5.74. The predicted molar refractivity (Wildman–Crippen MR) is 93.2 cm³/mol. The summed E-state index contributed by atoms with van der Waals surface area (Å²) in [6.45, 7) is 0.858. The molecule has 26 heavy (non-hydrogen) atoms. The lowest BCUT2D eigenvalue weighted by Gasteiger charge is -2.05. The van der Waals surface area contributed by atoms with Crippen molar-refractivity contribution in [3.63, 3.8) is 0 Å². The minimum absolute atomic E-state index is 0.228. The van der Waals surface area contributed by atoms with E-state index in [-0.39, 0.29) is 25.1 Å². The maximum Gasteiger partial charge on any atom is 0.287 e. The summed E-state index contributed by atoms with van der Waals surface area (Å²) in [4.78, 5) is 12.2. The molecule has 0 fully saturated rings. The van der Waals surface area contributed by atoms with Crippen molar-refractivity contribution in [3.05, 3.63) is 77.7 Å². The zero-order valence-corrected chi connectivity index (χ0v) is 13.9. The fourth-order valence-corrected chi connectivity index (χ4v) is 2.57. The van der Waals surface area contributed by atoms with E-state index < -0.39 is 0 Å². The summed E-state index contributed by atoms with van der Waals surface area (Å²) in [6.07, 6.45) is 0. The molecule has 1 amide bonds. The summed E-state index contributed by atoms with van der Waals surface area (Å²) >= 11 is 0. The molecule has 1 aliphatic rings. The minimum atomic E-state index is -0.284. The first kappa shape index (κ1) is 16.1. The Morgan fingerprint density at radius 2 is 1.85 bits per heavy atom. The fraction of sp³-hybridized carbons (Fsp3) is 0.150. The average molecular weight is 351 g/mol. The minimum Gasteiger partial charge on any atom is -0.486 e. The van der Waals surface area contributed by atoms with E-state index in [1.165, 1.54) is 0 Å². The number of amides is 1. The van der Waals surface area contributed by atoms with Crippen molar-refractivity contribution in [1.29, 1.82) is 0 Å². The number of furan rings is 1. The van der Waals surface area contributed by atoms with Gasteiger partial charge in [-0.15, -0.1) is 0 Å². The molecule has 132 valence electrons. The fourth-order valence-electron chi connectivity index (χ4n) is 2.57. The Balaban J connectivity index is 1.31. The van der Waals surface area contributed by atoms with Gasteiger partial charge >= 0.3 is 0 Å². The highest BCUT2D eigenvalue weighted by molar-refractivity contribution is 5.91. The van der Waals surface area contributed by atoms with Crippen molar-refractivity contribution < 1.29 is 23.4 Å². The molecule has 4 rings (SSSR count). The van der Waals surface area contributed by atoms with Gasteiger partial charge in [0.1, 0.15) is 18.1 Å². The average Bonchev–Trinajstić information content (AvgIpc) is 3.34. The van der Waals surface area contributed by atoms with Crippen molar-refractivity contribution >= 4 is 5.91 Å². The van der Waals surface area contributed by atoms with Crippen LogP contribution in [0.3, 0.4) is 0 Å². The number of rotatable bonds is 6. The molecule has 0 spiro atoms. The molecule has 2 heterocycles. The van der Waals surface area contributed by atoms with Crippen molar-refractivity contribution in [1.82, 2.24) is 5.32 Å². The number of carbonyl (C=O) groups excluding carboxylic acids is 1. The Morgan fingerprint density at radius 1 is 1.00 bits per heavy atom. The number of nitrogens with one attached hydrogen (secondary N) is 1. The Morgan fingerprint density at radius 3 is 2.73 bits per heavy atom. The first-order valence-corrected chi connectivity index (χ1v) is 8.21. The van der Waals surface area contributed by atoms with Gasteiger partial charge in [-0.05, 0) is 42.0 Å². The van der Waals surface area contributed by atoms with Gasteiger partial charge in [0.05, 0.1) is 0 Å². The van der Waals surface area contributed by atoms with Crippen LogP contribution in [-0.2, 0) is 13.2 Å². The number of hydrogen-bond donors (Lipinski definition) is 1. The zero-order chi connectivity index (χ0) is 17.8. The first-order valence-electron chi connectivity index (χ1n) is 8.21. The summed E-state index contributed by atoms with van der Waals surface area (Å²) in [5.41, 5.74) is 0.918. The molecule has 0 unspecified atom stereocenters. The van der Waals surface area contributed by atoms with Crippen LogP contribution in [0, 0.1) is 0 Å². The standard InChI is InChI=1S/C20H17NO5/c22-20(21-11-14-6-8-17-19(10-14)25-13-24-17)18-9-7-16(26-18)12-23-15-4-2-1-3-5-15/h1-10H,11-13H2,(H,21,22). The normalized spacial score (nSPS) is 12.0. The molecule has 3 aromatic rings. The van der Waals surface area contributed by atoms with Crippen molar-refractivity contribution in [2.24, 2.45) is 0 Å². The number of ether oxygens (including phenoxy) is 3. The van der Waals surface area contributed by atoms with Gasteiger partial charge in [0.25, 0.3) is 5.91 Å². The molecule has 0 radical (unpaired) electrons. The van der Waals surface area contributed by atoms with Gasteiger partial charge in [0, 0.05) is 6.54 Å². The zero-order valence-electron chi connectivity index (χ0n) is 13.9. The third kappa shape index (κ3) is 3.64. The maximum atomic E-state index is 12.2. The quantitative estimate of drug-likeness (QED) is 0.736. The molecule has 0 atom stereocenters. The van der Waals surface area contributed by atoms with Crippen molar-refractivity contribution in [2.45, 2.75) is 13.2 Å². The highest BCUT2D eigenvalue weighted by atomic mass is 16.7. The first-order chi connectivity index (χ1) is 12.8. The largest absolute Gasteiger partial charge is 0.486 e. The molecule has 2 aromatic carbocycles. The molecular weight excluding hydrogens is 334 g/mol. The van der Waals surface area contributed by atoms with Gasteiger partial charge in [0.15, 0.2) is 17.3 Å². The highest BCUT2D eigenvalue weighted by Crippen LogP contribution is 2.32. The molecular formula is C20H17NO5. The van der Waals surface area contributed by atoms with E-state index in [1.54, 1.807) is 12.1 Å². The van der Waals surface area contributed by atoms with E-state index in [0.29, 0.717) is 23.8 Å². The molecule has 0 saturated heterocycles. The van der Waals surface area contributed by atoms with E-state index in [9.17, 15) is 4.79 Å². The topological polar surface area (TPSA) is 69.9 Å². The van der Waals surface area contributed by atoms with Gasteiger partial charge in [-0.2, -0.15) is 0 Å². The van der Waals surface area contributed by atoms with Crippen LogP contribution >= 0.6 is 0 Å². The molecule has 0 bridgehead atoms. The second-order valence-corrected chi connectivity index (χ2v) is 5.74. The van der Waals surface area contributed by atoms with Gasteiger partial charge in [0.2, 0.25) is 6.79 Å². The molecule has 6 heteroatoms. The monoisotopic (exact) mass is 351 g/mol. The smallest absolute Gasteiger partial charge is 0.287 e. The van der Waals surface area contributed by atoms with Crippen LogP contribution in [0.15, 0.2) is 65.1 Å². The van der Waals surface area contributed by atoms with Crippen molar-refractivity contribution in [2.75, 3.05) is 6.79 Å². The highest BCUT2D eigenvalue weighted by Gasteiger charge is 2.15. The molecule has 1 aromatic heterocycles. The lowest BCUT2D eigenvalue weighted by atomic mass is 10.2. The van der Waals surface area contributed by atoms with Crippen LogP contribution in [0.5, 0.6) is 17.2 Å². The van der Waals surface area contributed by atoms with E-state index in [1.807, 2.05) is 48.5 Å². The summed E-state index contributed by atoms with van der Waals surface area (Å²) in [5.74, 6) is 2.70. The number of carbonyl (C=O) groups is 1. The maximum absolute atomic E-state index is 12.2. The SMILES string of the molecule is O=C(NCc1ccc2c(c1)OCO2)c1ccc(COc2ccccc2)o1. The Bertz CT molecular complexity index is 904. The third-order valence-electron chi connectivity index (χ3n) is 3.90. The van der Waals surface area contributed by atoms with E-state index >= 15 is 0 Å². The van der Waals surface area contributed by atoms with E-state index in [2.05, 4.69) is 5.32 Å². The number of para-hydroxylation sites is 1. The summed E-state index contributed by atoms with van der Waals surface area (Å²) in [7, 11) is 0. The lowest BCUT2D eigenvalue weighted by Crippen LogP contribution is -2.22. The molecule has 1 N–H and O–H groups in total. The third-order valence-corrected chi connectivity index (χ3v) is 3.90. The number of fused-ring (bicyclic) bond motifs is 1. The van der Waals surface area contributed by atoms with Crippen LogP contribution in [0.25, 0.3) is 0 Å². The van der Waals surface area contributed by atoms with Crippen LogP contribution in [0.2, 0.25) is 0 Å². The molecule has 6 nitrogen and oxygen atoms in total. The lowest BCUT2D eigenvalue weighted by molar-refractivity contribution is 0.0919. The van der Waals surface area contributed by atoms with E-state index in [0.717, 1.165) is 11.3 Å². The molecule has 0 saturated carbocycles. The number of hydrogen-bond acceptors (Lipinski definition) is 5. The van der Waals surface area contributed by atoms with Gasteiger partial charge in [-0.1, -0.05) is 24.3 Å². The Hall–Kier alpha value is -3.41. The van der Waals surface area contributed by atoms with Crippen LogP contribution in [-0.4, -0.2) is 12.7 Å². The van der Waals surface area contributed by atoms with Gasteiger partial charge in [-0.3, -0.25) is 4.79 Å². The Kier molecular flexibility index (Phi) is 4.47. The molecule has 1 aliphatic heterocycles. The summed E-state index contributed by atoms with van der Waals surface area (Å²) in [5, 5.41) is 2.82. The number of benzene rings is 2. The van der Waals surface area contributed by atoms with Crippen LogP contribution in [0.4, 0.5) is 0 Å². The second kappa shape index (κ2) is 7.23. The van der Waals surface area contributed by atoms with Crippen LogP contribution < -0.4 is 19.5 Å². The van der Waals surface area contributed by atoms with E-state index in [4.69, 9.17) is 18.6 Å². The molecule has 0 aliphatic carbocycles. The van der Waals surface area contributed by atoms with Gasteiger partial charge < -0.3 is 23.9 Å². The Labute approximate surface area is 150 Å². The predicted octanol–water partition coefficient (Wildman–Crippen LogP) is 3.52. The van der Waals surface area contributed by atoms with Gasteiger partial charge in [-0.25, -0.2) is 0 Å². The van der Waals surface area contributed by atoms with Crippen LogP contribution in [0.1, 0.15) is 21.9 Å². The summed E-state index contributed by atoms with van der Waals surface area (Å²) < 4.78 is 21.8. The van der Waals surface area contributed by atoms with Crippen molar-refractivity contribution in [3.8, 4) is 17.2 Å².